The predicted molar refractivity (Wildman–Crippen MR) is 74.4 cm³/mol. The zero-order valence-corrected chi connectivity index (χ0v) is 11.9. The Bertz CT molecular complexity index is 500. The largest absolute Gasteiger partial charge is 0.483 e. The number of carbonyl (C=O) groups is 2. The van der Waals surface area contributed by atoms with Gasteiger partial charge in [0.15, 0.2) is 6.61 Å². The molecule has 0 unspecified atom stereocenters. The Morgan fingerprint density at radius 2 is 1.95 bits per heavy atom. The van der Waals surface area contributed by atoms with Crippen LogP contribution in [0.2, 0.25) is 0 Å². The van der Waals surface area contributed by atoms with E-state index in [2.05, 4.69) is 0 Å². The van der Waals surface area contributed by atoms with Gasteiger partial charge in [-0.2, -0.15) is 0 Å². The number of carbonyl (C=O) groups excluding carboxylic acids is 2. The summed E-state index contributed by atoms with van der Waals surface area (Å²) in [5.74, 6) is -0.649. The van der Waals surface area contributed by atoms with Crippen LogP contribution >= 0.6 is 0 Å². The molecular weight excluding hydrogens is 260 g/mol. The number of aliphatic hydroxyl groups is 1. The topological polar surface area (TPSA) is 92.9 Å². The second-order valence-electron chi connectivity index (χ2n) is 5.07. The third-order valence-corrected chi connectivity index (χ3v) is 3.17. The maximum Gasteiger partial charge on any atom is 0.260 e. The first-order chi connectivity index (χ1) is 9.29. The van der Waals surface area contributed by atoms with Crippen LogP contribution in [-0.4, -0.2) is 47.6 Å². The molecule has 2 amide bonds. The maximum atomic E-state index is 12.0. The van der Waals surface area contributed by atoms with Gasteiger partial charge < -0.3 is 20.5 Å². The average Bonchev–Trinajstić information content (AvgIpc) is 2.43. The van der Waals surface area contributed by atoms with Gasteiger partial charge in [-0.3, -0.25) is 9.59 Å². The molecule has 6 heteroatoms. The first-order valence-corrected chi connectivity index (χ1v) is 6.18. The van der Waals surface area contributed by atoms with E-state index in [4.69, 9.17) is 10.5 Å². The van der Waals surface area contributed by atoms with E-state index in [0.717, 1.165) is 0 Å². The molecule has 20 heavy (non-hydrogen) atoms. The normalized spacial score (nSPS) is 11.0. The van der Waals surface area contributed by atoms with Crippen molar-refractivity contribution in [2.45, 2.75) is 19.4 Å². The molecule has 6 nitrogen and oxygen atoms in total. The van der Waals surface area contributed by atoms with Crippen LogP contribution in [0.3, 0.4) is 0 Å². The fourth-order valence-corrected chi connectivity index (χ4v) is 1.48. The number of nitrogens with two attached hydrogens (primary N) is 1. The molecule has 0 heterocycles. The van der Waals surface area contributed by atoms with Crippen LogP contribution in [0.1, 0.15) is 24.2 Å². The number of likely N-dealkylation sites (N-methyl/N-ethyl adjacent to an activating group) is 1. The van der Waals surface area contributed by atoms with Crippen molar-refractivity contribution >= 4 is 11.8 Å². The number of ether oxygens (including phenoxy) is 1. The summed E-state index contributed by atoms with van der Waals surface area (Å²) in [4.78, 5) is 24.6. The molecule has 0 bridgehead atoms. The van der Waals surface area contributed by atoms with Gasteiger partial charge in [-0.1, -0.05) is 12.1 Å². The van der Waals surface area contributed by atoms with Crippen LogP contribution in [0.4, 0.5) is 0 Å². The maximum absolute atomic E-state index is 12.0. The number of hydrogen-bond acceptors (Lipinski definition) is 4. The Kier molecular flexibility index (Phi) is 5.10. The molecule has 0 aliphatic rings. The second-order valence-corrected chi connectivity index (χ2v) is 5.07. The molecule has 0 aromatic heterocycles. The molecule has 110 valence electrons. The molecule has 0 spiro atoms. The van der Waals surface area contributed by atoms with Crippen LogP contribution in [0, 0.1) is 0 Å². The van der Waals surface area contributed by atoms with Crippen molar-refractivity contribution in [3.05, 3.63) is 29.8 Å². The van der Waals surface area contributed by atoms with E-state index in [-0.39, 0.29) is 30.4 Å². The fourth-order valence-electron chi connectivity index (χ4n) is 1.48. The van der Waals surface area contributed by atoms with Crippen LogP contribution in [0.5, 0.6) is 5.75 Å². The minimum atomic E-state index is -0.677. The fraction of sp³-hybridized carbons (Fsp3) is 0.429. The zero-order valence-electron chi connectivity index (χ0n) is 11.9. The van der Waals surface area contributed by atoms with Gasteiger partial charge in [0.25, 0.3) is 11.8 Å². The van der Waals surface area contributed by atoms with Crippen molar-refractivity contribution in [3.63, 3.8) is 0 Å². The Balaban J connectivity index is 2.73. The first-order valence-electron chi connectivity index (χ1n) is 6.18. The third kappa shape index (κ3) is 3.71. The number of hydrogen-bond donors (Lipinski definition) is 2. The lowest BCUT2D eigenvalue weighted by Crippen LogP contribution is -2.49. The van der Waals surface area contributed by atoms with Crippen molar-refractivity contribution < 1.29 is 19.4 Å². The average molecular weight is 280 g/mol. The highest BCUT2D eigenvalue weighted by Gasteiger charge is 2.27. The lowest BCUT2D eigenvalue weighted by molar-refractivity contribution is -0.138. The van der Waals surface area contributed by atoms with Gasteiger partial charge in [0.05, 0.1) is 17.7 Å². The second kappa shape index (κ2) is 6.38. The zero-order chi connectivity index (χ0) is 15.3. The standard InChI is InChI=1S/C14H20N2O4/c1-14(2,9-17)16(3)12(18)8-20-11-7-5-4-6-10(11)13(15)19/h4-7,17H,8-9H2,1-3H3,(H2,15,19). The lowest BCUT2D eigenvalue weighted by atomic mass is 10.1. The van der Waals surface area contributed by atoms with Gasteiger partial charge in [0.1, 0.15) is 5.75 Å². The summed E-state index contributed by atoms with van der Waals surface area (Å²) in [5.41, 5.74) is 4.77. The molecule has 1 aromatic carbocycles. The highest BCUT2D eigenvalue weighted by atomic mass is 16.5. The molecule has 0 fully saturated rings. The number of rotatable bonds is 6. The van der Waals surface area contributed by atoms with Crippen molar-refractivity contribution in [3.8, 4) is 5.75 Å². The third-order valence-electron chi connectivity index (χ3n) is 3.17. The van der Waals surface area contributed by atoms with E-state index in [1.165, 1.54) is 11.0 Å². The van der Waals surface area contributed by atoms with E-state index in [1.54, 1.807) is 39.1 Å². The van der Waals surface area contributed by atoms with Gasteiger partial charge in [0, 0.05) is 7.05 Å². The summed E-state index contributed by atoms with van der Waals surface area (Å²) >= 11 is 0. The molecule has 0 radical (unpaired) electrons. The van der Waals surface area contributed by atoms with Gasteiger partial charge in [-0.15, -0.1) is 0 Å². The van der Waals surface area contributed by atoms with Crippen molar-refractivity contribution in [2.24, 2.45) is 5.73 Å². The van der Waals surface area contributed by atoms with Gasteiger partial charge in [0.2, 0.25) is 0 Å². The van der Waals surface area contributed by atoms with Crippen LogP contribution in [-0.2, 0) is 4.79 Å². The quantitative estimate of drug-likeness (QED) is 0.788. The van der Waals surface area contributed by atoms with E-state index in [0.29, 0.717) is 0 Å². The first kappa shape index (κ1) is 16.0. The predicted octanol–water partition coefficient (Wildman–Crippen LogP) is 0.394. The number of benzene rings is 1. The molecule has 1 rings (SSSR count). The molecule has 0 aliphatic heterocycles. The number of nitrogens with zero attached hydrogens (tertiary/aromatic N) is 1. The molecule has 0 atom stereocenters. The number of aliphatic hydroxyl groups excluding tert-OH is 1. The Morgan fingerprint density at radius 1 is 1.35 bits per heavy atom. The Hall–Kier alpha value is -2.08. The monoisotopic (exact) mass is 280 g/mol. The molecular formula is C14H20N2O4. The van der Waals surface area contributed by atoms with E-state index >= 15 is 0 Å². The smallest absolute Gasteiger partial charge is 0.260 e. The number of para-hydroxylation sites is 1. The van der Waals surface area contributed by atoms with Crippen LogP contribution < -0.4 is 10.5 Å². The summed E-state index contributed by atoms with van der Waals surface area (Å²) < 4.78 is 5.35. The Labute approximate surface area is 118 Å². The van der Waals surface area contributed by atoms with Crippen molar-refractivity contribution in [1.82, 2.24) is 4.90 Å². The van der Waals surface area contributed by atoms with Crippen LogP contribution in [0.25, 0.3) is 0 Å². The van der Waals surface area contributed by atoms with E-state index in [9.17, 15) is 14.7 Å². The molecule has 0 saturated carbocycles. The molecule has 0 saturated heterocycles. The number of amides is 2. The van der Waals surface area contributed by atoms with Crippen LogP contribution in [0.15, 0.2) is 24.3 Å². The van der Waals surface area contributed by atoms with Crippen molar-refractivity contribution in [1.29, 1.82) is 0 Å². The Morgan fingerprint density at radius 3 is 2.50 bits per heavy atom. The summed E-state index contributed by atoms with van der Waals surface area (Å²) in [6.07, 6.45) is 0. The summed E-state index contributed by atoms with van der Waals surface area (Å²) in [6.45, 7) is 3.09. The van der Waals surface area contributed by atoms with Gasteiger partial charge >= 0.3 is 0 Å². The summed E-state index contributed by atoms with van der Waals surface area (Å²) in [6, 6.07) is 6.46. The van der Waals surface area contributed by atoms with Crippen molar-refractivity contribution in [2.75, 3.05) is 20.3 Å². The lowest BCUT2D eigenvalue weighted by Gasteiger charge is -2.33. The molecule has 0 aliphatic carbocycles. The van der Waals surface area contributed by atoms with E-state index < -0.39 is 11.4 Å². The number of primary amides is 1. The minimum Gasteiger partial charge on any atom is -0.483 e. The van der Waals surface area contributed by atoms with Gasteiger partial charge in [-0.25, -0.2) is 0 Å². The minimum absolute atomic E-state index is 0.160. The highest BCUT2D eigenvalue weighted by molar-refractivity contribution is 5.95. The van der Waals surface area contributed by atoms with Gasteiger partial charge in [-0.05, 0) is 26.0 Å². The SMILES string of the molecule is CN(C(=O)COc1ccccc1C(N)=O)C(C)(C)CO. The molecule has 3 N–H and O–H groups in total. The van der Waals surface area contributed by atoms with E-state index in [1.807, 2.05) is 0 Å². The molecule has 1 aromatic rings. The summed E-state index contributed by atoms with van der Waals surface area (Å²) in [5, 5.41) is 9.22. The summed E-state index contributed by atoms with van der Waals surface area (Å²) in [7, 11) is 1.59. The highest BCUT2D eigenvalue weighted by Crippen LogP contribution is 2.18.